The molecule has 2 aliphatic rings. The molecule has 1 aliphatic heterocycles. The van der Waals surface area contributed by atoms with E-state index in [1.54, 1.807) is 18.2 Å². The summed E-state index contributed by atoms with van der Waals surface area (Å²) in [6, 6.07) is 5.10. The SMILES string of the molecule is COC(=O)C1=C(C)NC2=C(C(=O)CCC2)C1c1ccc(Cl)cc1Cl. The summed E-state index contributed by atoms with van der Waals surface area (Å²) in [6.07, 6.45) is 2.04. The van der Waals surface area contributed by atoms with Crippen molar-refractivity contribution in [1.82, 2.24) is 5.32 Å². The monoisotopic (exact) mass is 365 g/mol. The number of allylic oxidation sites excluding steroid dienone is 3. The number of benzene rings is 1. The molecule has 126 valence electrons. The standard InChI is InChI=1S/C18H17Cl2NO3/c1-9-15(18(23)24-2)16(11-7-6-10(19)8-12(11)20)17-13(21-9)4-3-5-14(17)22/h6-8,16,21H,3-5H2,1-2H3. The molecule has 0 saturated carbocycles. The van der Waals surface area contributed by atoms with Gasteiger partial charge in [0, 0.05) is 39.4 Å². The van der Waals surface area contributed by atoms with Crippen LogP contribution in [0.2, 0.25) is 10.0 Å². The highest BCUT2D eigenvalue weighted by atomic mass is 35.5. The molecule has 0 radical (unpaired) electrons. The molecule has 24 heavy (non-hydrogen) atoms. The Hall–Kier alpha value is -1.78. The molecule has 0 fully saturated rings. The lowest BCUT2D eigenvalue weighted by atomic mass is 9.75. The second-order valence-corrected chi connectivity index (χ2v) is 6.77. The topological polar surface area (TPSA) is 55.4 Å². The quantitative estimate of drug-likeness (QED) is 0.800. The van der Waals surface area contributed by atoms with E-state index >= 15 is 0 Å². The van der Waals surface area contributed by atoms with Crippen LogP contribution in [0.15, 0.2) is 40.7 Å². The number of Topliss-reactive ketones (excluding diaryl/α,β-unsaturated/α-hetero) is 1. The summed E-state index contributed by atoms with van der Waals surface area (Å²) in [5.41, 5.74) is 3.26. The number of ether oxygens (including phenoxy) is 1. The van der Waals surface area contributed by atoms with E-state index in [4.69, 9.17) is 27.9 Å². The normalized spacial score (nSPS) is 20.7. The van der Waals surface area contributed by atoms with Gasteiger partial charge in [-0.25, -0.2) is 4.79 Å². The number of halogens is 2. The lowest BCUT2D eigenvalue weighted by molar-refractivity contribution is -0.136. The molecule has 0 spiro atoms. The van der Waals surface area contributed by atoms with Gasteiger partial charge in [-0.3, -0.25) is 4.79 Å². The number of nitrogens with one attached hydrogen (secondary N) is 1. The average molecular weight is 366 g/mol. The third-order valence-corrected chi connectivity index (χ3v) is 5.02. The van der Waals surface area contributed by atoms with Crippen LogP contribution in [0.25, 0.3) is 0 Å². The van der Waals surface area contributed by atoms with Crippen molar-refractivity contribution in [2.75, 3.05) is 7.11 Å². The van der Waals surface area contributed by atoms with E-state index in [-0.39, 0.29) is 5.78 Å². The predicted octanol–water partition coefficient (Wildman–Crippen LogP) is 4.13. The molecule has 0 amide bonds. The second-order valence-electron chi connectivity index (χ2n) is 5.92. The molecule has 1 aliphatic carbocycles. The third-order valence-electron chi connectivity index (χ3n) is 4.45. The number of carbonyl (C=O) groups excluding carboxylic acids is 2. The zero-order valence-corrected chi connectivity index (χ0v) is 14.9. The van der Waals surface area contributed by atoms with Crippen molar-refractivity contribution in [1.29, 1.82) is 0 Å². The van der Waals surface area contributed by atoms with E-state index in [1.165, 1.54) is 7.11 Å². The Labute approximate surface area is 150 Å². The molecule has 4 nitrogen and oxygen atoms in total. The number of ketones is 1. The van der Waals surface area contributed by atoms with E-state index in [1.807, 2.05) is 6.92 Å². The number of hydrogen-bond acceptors (Lipinski definition) is 4. The number of hydrogen-bond donors (Lipinski definition) is 1. The first-order valence-electron chi connectivity index (χ1n) is 7.71. The smallest absolute Gasteiger partial charge is 0.336 e. The first-order chi connectivity index (χ1) is 11.4. The Balaban J connectivity index is 2.23. The minimum absolute atomic E-state index is 0.0358. The molecule has 0 bridgehead atoms. The summed E-state index contributed by atoms with van der Waals surface area (Å²) >= 11 is 12.4. The Kier molecular flexibility index (Phi) is 4.70. The maximum absolute atomic E-state index is 12.6. The number of rotatable bonds is 2. The van der Waals surface area contributed by atoms with Gasteiger partial charge in [0.05, 0.1) is 12.7 Å². The minimum atomic E-state index is -0.536. The molecule has 1 unspecified atom stereocenters. The van der Waals surface area contributed by atoms with Crippen LogP contribution in [-0.2, 0) is 14.3 Å². The summed E-state index contributed by atoms with van der Waals surface area (Å²) in [5, 5.41) is 4.14. The molecule has 1 aromatic rings. The van der Waals surface area contributed by atoms with Crippen LogP contribution in [0.5, 0.6) is 0 Å². The van der Waals surface area contributed by atoms with Crippen molar-refractivity contribution in [3.63, 3.8) is 0 Å². The summed E-state index contributed by atoms with van der Waals surface area (Å²) in [7, 11) is 1.33. The summed E-state index contributed by atoms with van der Waals surface area (Å²) in [4.78, 5) is 25.0. The second kappa shape index (κ2) is 6.61. The Morgan fingerprint density at radius 1 is 1.29 bits per heavy atom. The lowest BCUT2D eigenvalue weighted by Crippen LogP contribution is -2.34. The molecule has 3 rings (SSSR count). The molecule has 1 N–H and O–H groups in total. The van der Waals surface area contributed by atoms with Gasteiger partial charge in [0.2, 0.25) is 0 Å². The van der Waals surface area contributed by atoms with Crippen LogP contribution in [0, 0.1) is 0 Å². The van der Waals surface area contributed by atoms with Gasteiger partial charge >= 0.3 is 5.97 Å². The van der Waals surface area contributed by atoms with Crippen LogP contribution in [-0.4, -0.2) is 18.9 Å². The first-order valence-corrected chi connectivity index (χ1v) is 8.47. The maximum Gasteiger partial charge on any atom is 0.336 e. The number of methoxy groups -OCH3 is 1. The molecule has 0 aromatic heterocycles. The van der Waals surface area contributed by atoms with Crippen LogP contribution in [0.3, 0.4) is 0 Å². The van der Waals surface area contributed by atoms with Crippen LogP contribution in [0.4, 0.5) is 0 Å². The zero-order valence-electron chi connectivity index (χ0n) is 13.4. The zero-order chi connectivity index (χ0) is 17.4. The summed E-state index contributed by atoms with van der Waals surface area (Å²) < 4.78 is 4.95. The molecular formula is C18H17Cl2NO3. The molecular weight excluding hydrogens is 349 g/mol. The fraction of sp³-hybridized carbons (Fsp3) is 0.333. The highest BCUT2D eigenvalue weighted by molar-refractivity contribution is 6.35. The molecule has 6 heteroatoms. The van der Waals surface area contributed by atoms with Crippen molar-refractivity contribution < 1.29 is 14.3 Å². The Morgan fingerprint density at radius 2 is 2.04 bits per heavy atom. The van der Waals surface area contributed by atoms with Gasteiger partial charge in [-0.05, 0) is 37.5 Å². The number of esters is 1. The largest absolute Gasteiger partial charge is 0.466 e. The molecule has 1 atom stereocenters. The highest BCUT2D eigenvalue weighted by Crippen LogP contribution is 2.44. The number of carbonyl (C=O) groups is 2. The van der Waals surface area contributed by atoms with Gasteiger partial charge in [0.15, 0.2) is 5.78 Å². The van der Waals surface area contributed by atoms with Crippen molar-refractivity contribution in [3.8, 4) is 0 Å². The Morgan fingerprint density at radius 3 is 2.71 bits per heavy atom. The van der Waals surface area contributed by atoms with Gasteiger partial charge in [0.25, 0.3) is 0 Å². The number of dihydropyridines is 1. The van der Waals surface area contributed by atoms with Crippen molar-refractivity contribution >= 4 is 35.0 Å². The minimum Gasteiger partial charge on any atom is -0.466 e. The third kappa shape index (κ3) is 2.85. The maximum atomic E-state index is 12.6. The molecule has 1 heterocycles. The van der Waals surface area contributed by atoms with E-state index in [0.29, 0.717) is 38.9 Å². The van der Waals surface area contributed by atoms with Gasteiger partial charge in [0.1, 0.15) is 0 Å². The molecule has 1 aromatic carbocycles. The van der Waals surface area contributed by atoms with Gasteiger partial charge in [-0.1, -0.05) is 29.3 Å². The fourth-order valence-electron chi connectivity index (χ4n) is 3.41. The molecule has 0 saturated heterocycles. The predicted molar refractivity (Wildman–Crippen MR) is 92.9 cm³/mol. The van der Waals surface area contributed by atoms with E-state index in [0.717, 1.165) is 18.5 Å². The van der Waals surface area contributed by atoms with Gasteiger partial charge < -0.3 is 10.1 Å². The van der Waals surface area contributed by atoms with Crippen LogP contribution < -0.4 is 5.32 Å². The van der Waals surface area contributed by atoms with Crippen molar-refractivity contribution in [3.05, 3.63) is 56.3 Å². The van der Waals surface area contributed by atoms with Crippen LogP contribution in [0.1, 0.15) is 37.7 Å². The van der Waals surface area contributed by atoms with E-state index in [2.05, 4.69) is 5.32 Å². The van der Waals surface area contributed by atoms with E-state index < -0.39 is 11.9 Å². The summed E-state index contributed by atoms with van der Waals surface area (Å²) in [6.45, 7) is 1.81. The van der Waals surface area contributed by atoms with Crippen LogP contribution >= 0.6 is 23.2 Å². The Bertz CT molecular complexity index is 795. The van der Waals surface area contributed by atoms with Crippen molar-refractivity contribution in [2.24, 2.45) is 0 Å². The fourth-order valence-corrected chi connectivity index (χ4v) is 3.93. The first kappa shape index (κ1) is 17.1. The van der Waals surface area contributed by atoms with E-state index in [9.17, 15) is 9.59 Å². The van der Waals surface area contributed by atoms with Gasteiger partial charge in [-0.15, -0.1) is 0 Å². The van der Waals surface area contributed by atoms with Crippen molar-refractivity contribution in [2.45, 2.75) is 32.1 Å². The van der Waals surface area contributed by atoms with Gasteiger partial charge in [-0.2, -0.15) is 0 Å². The lowest BCUT2D eigenvalue weighted by Gasteiger charge is -2.34. The highest BCUT2D eigenvalue weighted by Gasteiger charge is 2.39. The average Bonchev–Trinajstić information content (AvgIpc) is 2.53. The summed E-state index contributed by atoms with van der Waals surface area (Å²) in [5.74, 6) is -0.971.